The fraction of sp³-hybridized carbons (Fsp3) is 0.270. The maximum Gasteiger partial charge on any atom is 0.338 e. The highest BCUT2D eigenvalue weighted by Gasteiger charge is 2.57. The molecule has 10 atom stereocenters. The summed E-state index contributed by atoms with van der Waals surface area (Å²) in [7, 11) is -3.33. The number of carbonyl (C=O) groups is 2. The summed E-state index contributed by atoms with van der Waals surface area (Å²) in [5.41, 5.74) is 14.2. The van der Waals surface area contributed by atoms with Crippen LogP contribution < -0.4 is 10.4 Å². The van der Waals surface area contributed by atoms with E-state index in [9.17, 15) is 15.1 Å². The molecule has 2 saturated heterocycles. The number of hydrogen-bond donors (Lipinski definition) is 0. The van der Waals surface area contributed by atoms with E-state index in [0.29, 0.717) is 5.56 Å². The number of esters is 2. The Morgan fingerprint density at radius 3 is 1.60 bits per heavy atom. The Bertz CT molecular complexity index is 3760. The minimum Gasteiger partial charge on any atom is -0.459 e. The van der Waals surface area contributed by atoms with Crippen molar-refractivity contribution in [2.45, 2.75) is 118 Å². The van der Waals surface area contributed by atoms with E-state index in [0.717, 1.165) is 48.3 Å². The number of ether oxygens (including phenoxy) is 8. The molecule has 0 spiro atoms. The molecule has 9 aromatic carbocycles. The molecule has 0 unspecified atom stereocenters. The van der Waals surface area contributed by atoms with Gasteiger partial charge in [0.2, 0.25) is 0 Å². The van der Waals surface area contributed by atoms with Gasteiger partial charge in [-0.1, -0.05) is 249 Å². The second-order valence-corrected chi connectivity index (χ2v) is 28.9. The minimum atomic E-state index is -3.33. The molecule has 0 saturated carbocycles. The van der Waals surface area contributed by atoms with E-state index in [1.54, 1.807) is 60.7 Å². The molecule has 16 heteroatoms. The van der Waals surface area contributed by atoms with Crippen molar-refractivity contribution in [1.82, 2.24) is 0 Å². The van der Waals surface area contributed by atoms with E-state index < -0.39 is 92.4 Å². The maximum absolute atomic E-state index is 14.7. The van der Waals surface area contributed by atoms with Crippen LogP contribution in [0, 0.1) is 6.92 Å². The number of rotatable bonds is 24. The molecule has 14 nitrogen and oxygen atoms in total. The predicted octanol–water partition coefficient (Wildman–Crippen LogP) is 14.2. The first-order chi connectivity index (χ1) is 43.9. The first-order valence-electron chi connectivity index (χ1n) is 30.3. The van der Waals surface area contributed by atoms with Crippen LogP contribution >= 0.6 is 11.8 Å². The Kier molecular flexibility index (Phi) is 21.2. The molecule has 11 rings (SSSR count). The van der Waals surface area contributed by atoms with Crippen LogP contribution in [0.5, 0.6) is 0 Å². The Morgan fingerprint density at radius 2 is 1.02 bits per heavy atom. The van der Waals surface area contributed by atoms with Crippen LogP contribution in [0.4, 0.5) is 0 Å². The van der Waals surface area contributed by atoms with Crippen molar-refractivity contribution in [1.29, 1.82) is 0 Å². The molecule has 2 heterocycles. The van der Waals surface area contributed by atoms with Crippen molar-refractivity contribution in [2.24, 2.45) is 5.11 Å². The van der Waals surface area contributed by atoms with E-state index in [1.165, 1.54) is 11.8 Å². The molecular weight excluding hydrogens is 1170 g/mol. The molecule has 0 amide bonds. The van der Waals surface area contributed by atoms with Crippen LogP contribution in [0.2, 0.25) is 5.04 Å². The minimum absolute atomic E-state index is 0.0100. The lowest BCUT2D eigenvalue weighted by Gasteiger charge is -2.50. The number of benzene rings is 9. The Labute approximate surface area is 531 Å². The first-order valence-corrected chi connectivity index (χ1v) is 33.1. The van der Waals surface area contributed by atoms with Gasteiger partial charge in [0.1, 0.15) is 60.8 Å². The third-order valence-electron chi connectivity index (χ3n) is 16.3. The van der Waals surface area contributed by atoms with Crippen LogP contribution in [0.1, 0.15) is 63.7 Å². The fourth-order valence-corrected chi connectivity index (χ4v) is 17.5. The number of carbonyl (C=O) groups excluding carboxylic acids is 2. The second kappa shape index (κ2) is 30.1. The normalized spacial score (nSPS) is 21.8. The second-order valence-electron chi connectivity index (χ2n) is 23.5. The van der Waals surface area contributed by atoms with Crippen molar-refractivity contribution in [3.8, 4) is 0 Å². The van der Waals surface area contributed by atoms with Crippen molar-refractivity contribution >= 4 is 53.2 Å². The highest BCUT2D eigenvalue weighted by Crippen LogP contribution is 2.43. The smallest absolute Gasteiger partial charge is 0.338 e. The zero-order valence-electron chi connectivity index (χ0n) is 50.7. The van der Waals surface area contributed by atoms with Crippen molar-refractivity contribution < 1.29 is 51.9 Å². The maximum atomic E-state index is 14.7. The molecule has 0 radical (unpaired) electrons. The lowest BCUT2D eigenvalue weighted by molar-refractivity contribution is -0.325. The van der Waals surface area contributed by atoms with Gasteiger partial charge in [0.25, 0.3) is 8.32 Å². The van der Waals surface area contributed by atoms with E-state index in [2.05, 4.69) is 79.3 Å². The van der Waals surface area contributed by atoms with Gasteiger partial charge < -0.3 is 42.3 Å². The van der Waals surface area contributed by atoms with Gasteiger partial charge in [0.05, 0.1) is 37.6 Å². The molecule has 2 fully saturated rings. The van der Waals surface area contributed by atoms with E-state index in [4.69, 9.17) is 42.3 Å². The Hall–Kier alpha value is -8.22. The average Bonchev–Trinajstić information content (AvgIpc) is 0.842. The van der Waals surface area contributed by atoms with Gasteiger partial charge in [0.15, 0.2) is 6.29 Å². The van der Waals surface area contributed by atoms with Crippen LogP contribution in [0.25, 0.3) is 21.2 Å². The summed E-state index contributed by atoms with van der Waals surface area (Å²) in [4.78, 5) is 33.0. The zero-order valence-corrected chi connectivity index (χ0v) is 52.5. The summed E-state index contributed by atoms with van der Waals surface area (Å²) in [6, 6.07) is 78.3. The summed E-state index contributed by atoms with van der Waals surface area (Å²) in [6.07, 6.45) is -9.47. The van der Waals surface area contributed by atoms with Crippen LogP contribution in [0.3, 0.4) is 0 Å². The van der Waals surface area contributed by atoms with Gasteiger partial charge >= 0.3 is 11.9 Å². The van der Waals surface area contributed by atoms with Gasteiger partial charge in [-0.15, -0.1) is 0 Å². The summed E-state index contributed by atoms with van der Waals surface area (Å²) in [5, 5.41) is 8.08. The number of fused-ring (bicyclic) bond motifs is 1. The molecule has 2 aliphatic heterocycles. The van der Waals surface area contributed by atoms with E-state index in [-0.39, 0.29) is 32.0 Å². The molecule has 90 heavy (non-hydrogen) atoms. The van der Waals surface area contributed by atoms with Gasteiger partial charge in [-0.2, -0.15) is 0 Å². The molecule has 0 aromatic heterocycles. The highest BCUT2D eigenvalue weighted by molar-refractivity contribution is 7.99. The largest absolute Gasteiger partial charge is 0.459 e. The quantitative estimate of drug-likeness (QED) is 0.0185. The van der Waals surface area contributed by atoms with Crippen molar-refractivity contribution in [3.63, 3.8) is 0 Å². The number of thioether (sulfide) groups is 1. The first kappa shape index (κ1) is 63.3. The molecular formula is C74H73N3O11SSi. The number of hydrogen-bond acceptors (Lipinski definition) is 13. The SMILES string of the molecule is Cc1ccc(S[C@@H]2O[C@H](CO[Si](c3ccccc3)(c3ccccc3)C(C)(C)C)[C@@H](O[C@H]3O[C@H](COC(=O)c4ccccc4)[C@@H](OCc4ccc5ccccc5c4)[C@H](OC(=O)c4ccccc4)[C@H]3N=[N+]=[N-])[C@H](OCc3ccccc3)[C@H]2OCc2ccccc2)cc1. The molecule has 9 aromatic rings. The highest BCUT2D eigenvalue weighted by atomic mass is 32.2. The Balaban J connectivity index is 1.06. The molecule has 460 valence electrons. The van der Waals surface area contributed by atoms with Gasteiger partial charge in [0, 0.05) is 9.81 Å². The number of azide groups is 1. The number of aryl methyl sites for hydroxylation is 1. The zero-order chi connectivity index (χ0) is 62.3. The summed E-state index contributed by atoms with van der Waals surface area (Å²) >= 11 is 1.50. The van der Waals surface area contributed by atoms with Gasteiger partial charge in [-0.25, -0.2) is 9.59 Å². The van der Waals surface area contributed by atoms with Gasteiger partial charge in [-0.3, -0.25) is 0 Å². The lowest BCUT2D eigenvalue weighted by Crippen LogP contribution is -2.69. The summed E-state index contributed by atoms with van der Waals surface area (Å²) in [6.45, 7) is 8.51. The van der Waals surface area contributed by atoms with Crippen LogP contribution in [-0.2, 0) is 62.1 Å². The predicted molar refractivity (Wildman–Crippen MR) is 351 cm³/mol. The summed E-state index contributed by atoms with van der Waals surface area (Å²) < 4.78 is 64.3. The topological polar surface area (TPSA) is 166 Å². The average molecular weight is 1240 g/mol. The number of nitrogens with zero attached hydrogens (tertiary/aromatic N) is 3. The summed E-state index contributed by atoms with van der Waals surface area (Å²) in [5.74, 6) is -1.36. The third-order valence-corrected chi connectivity index (χ3v) is 22.5. The molecule has 0 aliphatic carbocycles. The van der Waals surface area contributed by atoms with E-state index in [1.807, 2.05) is 146 Å². The van der Waals surface area contributed by atoms with E-state index >= 15 is 0 Å². The molecule has 2 aliphatic rings. The monoisotopic (exact) mass is 1240 g/mol. The molecule has 0 bridgehead atoms. The van der Waals surface area contributed by atoms with Crippen molar-refractivity contribution in [3.05, 3.63) is 293 Å². The van der Waals surface area contributed by atoms with Gasteiger partial charge in [-0.05, 0) is 97.8 Å². The molecule has 0 N–H and O–H groups in total. The lowest BCUT2D eigenvalue weighted by atomic mass is 9.95. The van der Waals surface area contributed by atoms with Crippen LogP contribution in [-0.4, -0.2) is 94.0 Å². The van der Waals surface area contributed by atoms with Crippen LogP contribution in [0.15, 0.2) is 259 Å². The Morgan fingerprint density at radius 1 is 0.522 bits per heavy atom. The van der Waals surface area contributed by atoms with Crippen molar-refractivity contribution in [2.75, 3.05) is 13.2 Å². The third kappa shape index (κ3) is 15.3. The fourth-order valence-electron chi connectivity index (χ4n) is 11.8. The standard InChI is InChI=1S/C74H73N3O11SSi/c1-51-39-43-59(44-40-51)89-73-69(82-47-53-27-13-6-14-28-53)68(81-46-52-25-11-5-12-26-52)66(63(86-73)50-84-90(74(2,3)4,60-35-19-9-20-36-60)61-37-21-10-22-38-61)88-72-64(76-77-75)67(87-71(79)57-32-17-8-18-33-57)65(62(85-72)49-83-70(78)56-30-15-7-16-31-56)80-48-54-41-42-55-29-23-24-34-58(55)45-54/h5-45,62-69,72-73H,46-50H2,1-4H3/t62-,63-,64-,65-,66-,67-,68+,69-,72-,73+/m1/s1.